The maximum Gasteiger partial charge on any atom is 0.330 e. The number of halogens is 1. The number of anilines is 2. The van der Waals surface area contributed by atoms with Crippen LogP contribution in [0, 0.1) is 0 Å². The molecule has 1 aliphatic rings. The zero-order valence-electron chi connectivity index (χ0n) is 13.8. The van der Waals surface area contributed by atoms with E-state index in [0.29, 0.717) is 11.3 Å². The minimum atomic E-state index is -3.61. The molecule has 2 aromatic rings. The zero-order valence-corrected chi connectivity index (χ0v) is 15.4. The van der Waals surface area contributed by atoms with Gasteiger partial charge in [-0.25, -0.2) is 23.2 Å². The number of urea groups is 1. The maximum atomic E-state index is 12.8. The number of fused-ring (bicyclic) bond motifs is 1. The first-order valence-corrected chi connectivity index (χ1v) is 9.57. The van der Waals surface area contributed by atoms with Crippen molar-refractivity contribution in [3.05, 3.63) is 40.5 Å². The summed E-state index contributed by atoms with van der Waals surface area (Å²) in [6.45, 7) is 0.0600. The van der Waals surface area contributed by atoms with Gasteiger partial charge in [0.15, 0.2) is 0 Å². The number of nitrogens with zero attached hydrogens (tertiary/aromatic N) is 4. The van der Waals surface area contributed by atoms with E-state index in [9.17, 15) is 18.0 Å². The van der Waals surface area contributed by atoms with Crippen molar-refractivity contribution in [3.8, 4) is 0 Å². The molecular formula is C15H14ClN5O4S. The predicted octanol–water partition coefficient (Wildman–Crippen LogP) is 1.21. The normalized spacial score (nSPS) is 14.3. The van der Waals surface area contributed by atoms with Crippen molar-refractivity contribution in [2.24, 2.45) is 5.73 Å². The van der Waals surface area contributed by atoms with E-state index in [0.717, 1.165) is 6.26 Å². The van der Waals surface area contributed by atoms with Gasteiger partial charge in [-0.2, -0.15) is 0 Å². The number of hydrogen-bond acceptors (Lipinski definition) is 6. The molecule has 0 saturated heterocycles. The number of rotatable bonds is 3. The molecule has 0 atom stereocenters. The third-order valence-corrected chi connectivity index (χ3v) is 5.02. The molecule has 0 unspecified atom stereocenters. The minimum absolute atomic E-state index is 0.0600. The number of benzene rings is 1. The highest BCUT2D eigenvalue weighted by Crippen LogP contribution is 2.34. The monoisotopic (exact) mass is 395 g/mol. The number of aromatic nitrogens is 2. The van der Waals surface area contributed by atoms with Gasteiger partial charge in [0, 0.05) is 30.6 Å². The van der Waals surface area contributed by atoms with E-state index < -0.39 is 21.8 Å². The average Bonchev–Trinajstić information content (AvgIpc) is 2.57. The predicted molar refractivity (Wildman–Crippen MR) is 95.1 cm³/mol. The van der Waals surface area contributed by atoms with E-state index in [1.165, 1.54) is 41.2 Å². The first-order chi connectivity index (χ1) is 12.1. The molecule has 11 heteroatoms. The molecule has 3 rings (SSSR count). The Labute approximate surface area is 154 Å². The standard InChI is InChI=1S/C15H14ClN5O4S/c1-20-13-9(6-18-14(19-13)26(2,24)25)7-21(15(20)23)11-5-8(12(17)22)3-4-10(11)16/h3-6H,7H2,1-2H3,(H2,17,22). The molecular weight excluding hydrogens is 382 g/mol. The fraction of sp³-hybridized carbons (Fsp3) is 0.200. The quantitative estimate of drug-likeness (QED) is 0.778. The fourth-order valence-corrected chi connectivity index (χ4v) is 3.25. The number of carbonyl (C=O) groups is 2. The SMILES string of the molecule is CN1C(=O)N(c2cc(C(N)=O)ccc2Cl)Cc2cnc(S(C)(=O)=O)nc21. The van der Waals surface area contributed by atoms with Crippen LogP contribution in [0.25, 0.3) is 0 Å². The lowest BCUT2D eigenvalue weighted by Crippen LogP contribution is -2.46. The van der Waals surface area contributed by atoms with Crippen LogP contribution >= 0.6 is 11.6 Å². The lowest BCUT2D eigenvalue weighted by Gasteiger charge is -2.34. The summed E-state index contributed by atoms with van der Waals surface area (Å²) >= 11 is 6.18. The summed E-state index contributed by atoms with van der Waals surface area (Å²) < 4.78 is 23.3. The van der Waals surface area contributed by atoms with E-state index in [-0.39, 0.29) is 28.1 Å². The van der Waals surface area contributed by atoms with Crippen LogP contribution in [0.2, 0.25) is 5.02 Å². The summed E-state index contributed by atoms with van der Waals surface area (Å²) in [6.07, 6.45) is 2.33. The van der Waals surface area contributed by atoms with Crippen molar-refractivity contribution in [1.82, 2.24) is 9.97 Å². The summed E-state index contributed by atoms with van der Waals surface area (Å²) in [5.74, 6) is -0.453. The van der Waals surface area contributed by atoms with Crippen LogP contribution < -0.4 is 15.5 Å². The second-order valence-corrected chi connectivity index (χ2v) is 8.05. The third kappa shape index (κ3) is 3.08. The van der Waals surface area contributed by atoms with Crippen LogP contribution in [0.1, 0.15) is 15.9 Å². The van der Waals surface area contributed by atoms with Gasteiger partial charge in [0.2, 0.25) is 20.9 Å². The second-order valence-electron chi connectivity index (χ2n) is 5.73. The highest BCUT2D eigenvalue weighted by atomic mass is 35.5. The number of carbonyl (C=O) groups excluding carboxylic acids is 2. The van der Waals surface area contributed by atoms with E-state index in [2.05, 4.69) is 9.97 Å². The molecule has 1 aliphatic heterocycles. The number of primary amides is 1. The molecule has 3 amide bonds. The van der Waals surface area contributed by atoms with Crippen LogP contribution in [-0.4, -0.2) is 43.6 Å². The maximum absolute atomic E-state index is 12.8. The summed E-state index contributed by atoms with van der Waals surface area (Å²) in [5, 5.41) is -0.105. The van der Waals surface area contributed by atoms with Gasteiger partial charge in [0.05, 0.1) is 17.3 Å². The Bertz CT molecular complexity index is 1040. The second kappa shape index (κ2) is 6.22. The summed E-state index contributed by atoms with van der Waals surface area (Å²) in [6, 6.07) is 3.87. The van der Waals surface area contributed by atoms with Crippen LogP contribution in [0.3, 0.4) is 0 Å². The Balaban J connectivity index is 2.08. The molecule has 136 valence electrons. The topological polar surface area (TPSA) is 127 Å². The van der Waals surface area contributed by atoms with Crippen LogP contribution in [0.4, 0.5) is 16.3 Å². The van der Waals surface area contributed by atoms with Gasteiger partial charge in [-0.15, -0.1) is 0 Å². The Morgan fingerprint density at radius 2 is 2.04 bits per heavy atom. The van der Waals surface area contributed by atoms with Crippen molar-refractivity contribution in [1.29, 1.82) is 0 Å². The number of amides is 3. The van der Waals surface area contributed by atoms with E-state index >= 15 is 0 Å². The molecule has 2 N–H and O–H groups in total. The van der Waals surface area contributed by atoms with Gasteiger partial charge in [-0.3, -0.25) is 14.6 Å². The van der Waals surface area contributed by atoms with Gasteiger partial charge in [-0.05, 0) is 18.2 Å². The van der Waals surface area contributed by atoms with E-state index in [1.54, 1.807) is 0 Å². The molecule has 0 radical (unpaired) electrons. The van der Waals surface area contributed by atoms with E-state index in [1.807, 2.05) is 0 Å². The van der Waals surface area contributed by atoms with Gasteiger partial charge in [0.1, 0.15) is 5.82 Å². The largest absolute Gasteiger partial charge is 0.366 e. The first kappa shape index (κ1) is 18.1. The van der Waals surface area contributed by atoms with Crippen molar-refractivity contribution in [2.45, 2.75) is 11.7 Å². The van der Waals surface area contributed by atoms with Crippen molar-refractivity contribution in [3.63, 3.8) is 0 Å². The van der Waals surface area contributed by atoms with Crippen molar-refractivity contribution in [2.75, 3.05) is 23.1 Å². The lowest BCUT2D eigenvalue weighted by molar-refractivity contribution is 0.1000. The highest BCUT2D eigenvalue weighted by Gasteiger charge is 2.32. The van der Waals surface area contributed by atoms with Crippen molar-refractivity contribution >= 4 is 44.9 Å². The number of nitrogens with two attached hydrogens (primary N) is 1. The summed E-state index contributed by atoms with van der Waals surface area (Å²) in [7, 11) is -2.15. The molecule has 1 aromatic carbocycles. The Kier molecular flexibility index (Phi) is 4.32. The fourth-order valence-electron chi connectivity index (χ4n) is 2.53. The van der Waals surface area contributed by atoms with Crippen LogP contribution in [0.15, 0.2) is 29.6 Å². The number of hydrogen-bond donors (Lipinski definition) is 1. The molecule has 0 saturated carbocycles. The van der Waals surface area contributed by atoms with E-state index in [4.69, 9.17) is 17.3 Å². The number of sulfone groups is 1. The third-order valence-electron chi connectivity index (χ3n) is 3.84. The Morgan fingerprint density at radius 1 is 1.35 bits per heavy atom. The summed E-state index contributed by atoms with van der Waals surface area (Å²) in [5.41, 5.74) is 6.32. The molecule has 0 bridgehead atoms. The average molecular weight is 396 g/mol. The Morgan fingerprint density at radius 3 is 2.65 bits per heavy atom. The van der Waals surface area contributed by atoms with Gasteiger partial charge < -0.3 is 5.73 Å². The van der Waals surface area contributed by atoms with Gasteiger partial charge in [-0.1, -0.05) is 11.6 Å². The molecule has 0 fully saturated rings. The van der Waals surface area contributed by atoms with Gasteiger partial charge in [0.25, 0.3) is 0 Å². The van der Waals surface area contributed by atoms with Crippen molar-refractivity contribution < 1.29 is 18.0 Å². The molecule has 26 heavy (non-hydrogen) atoms. The smallest absolute Gasteiger partial charge is 0.330 e. The van der Waals surface area contributed by atoms with Crippen LogP contribution in [-0.2, 0) is 16.4 Å². The molecule has 2 heterocycles. The summed E-state index contributed by atoms with van der Waals surface area (Å²) in [4.78, 5) is 34.5. The lowest BCUT2D eigenvalue weighted by atomic mass is 10.1. The molecule has 0 spiro atoms. The highest BCUT2D eigenvalue weighted by molar-refractivity contribution is 7.90. The molecule has 1 aromatic heterocycles. The first-order valence-electron chi connectivity index (χ1n) is 7.30. The zero-order chi connectivity index (χ0) is 19.2. The molecule has 9 nitrogen and oxygen atoms in total. The Hall–Kier alpha value is -2.72. The minimum Gasteiger partial charge on any atom is -0.366 e. The van der Waals surface area contributed by atoms with Crippen LogP contribution in [0.5, 0.6) is 0 Å². The molecule has 0 aliphatic carbocycles. The van der Waals surface area contributed by atoms with Gasteiger partial charge >= 0.3 is 6.03 Å².